The number of phenolic OH excluding ortho intramolecular Hbond substituents is 1. The predicted octanol–water partition coefficient (Wildman–Crippen LogP) is 3.26. The van der Waals surface area contributed by atoms with E-state index in [-0.39, 0.29) is 0 Å². The number of hydrogen-bond donors (Lipinski definition) is 1. The molecular weight excluding hydrogens is 234 g/mol. The van der Waals surface area contributed by atoms with E-state index in [1.165, 1.54) is 16.7 Å². The fourth-order valence-corrected chi connectivity index (χ4v) is 2.77. The molecule has 2 aromatic carbocycles. The highest BCUT2D eigenvalue weighted by molar-refractivity contribution is 5.36. The van der Waals surface area contributed by atoms with E-state index < -0.39 is 0 Å². The van der Waals surface area contributed by atoms with E-state index in [4.69, 9.17) is 0 Å². The molecule has 1 aliphatic heterocycles. The average molecular weight is 253 g/mol. The fourth-order valence-electron chi connectivity index (χ4n) is 2.77. The number of benzene rings is 2. The number of aromatic hydroxyl groups is 1. The SMILES string of the molecule is Cc1ccc(O)c(CN2CCc3ccccc3C2)c1. The molecule has 19 heavy (non-hydrogen) atoms. The molecule has 0 spiro atoms. The van der Waals surface area contributed by atoms with Crippen LogP contribution in [0.5, 0.6) is 5.75 Å². The van der Waals surface area contributed by atoms with Crippen LogP contribution in [0.2, 0.25) is 0 Å². The van der Waals surface area contributed by atoms with Gasteiger partial charge in [-0.25, -0.2) is 0 Å². The molecule has 0 atom stereocenters. The smallest absolute Gasteiger partial charge is 0.120 e. The van der Waals surface area contributed by atoms with Crippen LogP contribution in [0, 0.1) is 6.92 Å². The topological polar surface area (TPSA) is 23.5 Å². The average Bonchev–Trinajstić information content (AvgIpc) is 2.43. The molecule has 0 unspecified atom stereocenters. The van der Waals surface area contributed by atoms with E-state index >= 15 is 0 Å². The molecule has 3 rings (SSSR count). The third-order valence-electron chi connectivity index (χ3n) is 3.84. The van der Waals surface area contributed by atoms with E-state index in [0.717, 1.165) is 31.6 Å². The first kappa shape index (κ1) is 12.2. The Bertz CT molecular complexity index is 592. The summed E-state index contributed by atoms with van der Waals surface area (Å²) in [5.74, 6) is 0.407. The Labute approximate surface area is 114 Å². The molecule has 1 N–H and O–H groups in total. The van der Waals surface area contributed by atoms with Gasteiger partial charge in [0.15, 0.2) is 0 Å². The molecule has 0 aliphatic carbocycles. The van der Waals surface area contributed by atoms with Crippen molar-refractivity contribution >= 4 is 0 Å². The van der Waals surface area contributed by atoms with E-state index in [0.29, 0.717) is 5.75 Å². The lowest BCUT2D eigenvalue weighted by Crippen LogP contribution is -2.30. The lowest BCUT2D eigenvalue weighted by atomic mass is 9.99. The Balaban J connectivity index is 1.77. The normalized spacial score (nSPS) is 15.2. The van der Waals surface area contributed by atoms with Crippen molar-refractivity contribution in [2.45, 2.75) is 26.4 Å². The van der Waals surface area contributed by atoms with Gasteiger partial charge < -0.3 is 5.11 Å². The summed E-state index contributed by atoms with van der Waals surface area (Å²) in [6.45, 7) is 4.92. The molecule has 0 fully saturated rings. The zero-order valence-electron chi connectivity index (χ0n) is 11.3. The van der Waals surface area contributed by atoms with Crippen molar-refractivity contribution in [3.63, 3.8) is 0 Å². The Morgan fingerprint density at radius 1 is 1.11 bits per heavy atom. The van der Waals surface area contributed by atoms with Crippen molar-refractivity contribution in [1.29, 1.82) is 0 Å². The Morgan fingerprint density at radius 3 is 2.74 bits per heavy atom. The minimum Gasteiger partial charge on any atom is -0.508 e. The van der Waals surface area contributed by atoms with Crippen molar-refractivity contribution in [3.8, 4) is 5.75 Å². The van der Waals surface area contributed by atoms with Gasteiger partial charge in [-0.3, -0.25) is 4.90 Å². The summed E-state index contributed by atoms with van der Waals surface area (Å²) in [6.07, 6.45) is 1.10. The molecule has 1 heterocycles. The number of aryl methyl sites for hydroxylation is 1. The summed E-state index contributed by atoms with van der Waals surface area (Å²) in [4.78, 5) is 2.40. The van der Waals surface area contributed by atoms with Gasteiger partial charge in [0.25, 0.3) is 0 Å². The van der Waals surface area contributed by atoms with Gasteiger partial charge in [-0.2, -0.15) is 0 Å². The van der Waals surface area contributed by atoms with E-state index in [1.807, 2.05) is 6.07 Å². The van der Waals surface area contributed by atoms with Gasteiger partial charge >= 0.3 is 0 Å². The van der Waals surface area contributed by atoms with Gasteiger partial charge in [0.05, 0.1) is 0 Å². The number of rotatable bonds is 2. The van der Waals surface area contributed by atoms with Gasteiger partial charge in [0.1, 0.15) is 5.75 Å². The fraction of sp³-hybridized carbons (Fsp3) is 0.294. The van der Waals surface area contributed by atoms with Gasteiger partial charge in [-0.05, 0) is 30.5 Å². The number of nitrogens with zero attached hydrogens (tertiary/aromatic N) is 1. The lowest BCUT2D eigenvalue weighted by Gasteiger charge is -2.29. The number of hydrogen-bond acceptors (Lipinski definition) is 2. The van der Waals surface area contributed by atoms with Crippen LogP contribution in [-0.4, -0.2) is 16.6 Å². The summed E-state index contributed by atoms with van der Waals surface area (Å²) in [5.41, 5.74) is 5.11. The third-order valence-corrected chi connectivity index (χ3v) is 3.84. The molecule has 0 radical (unpaired) electrons. The maximum Gasteiger partial charge on any atom is 0.120 e. The molecule has 0 amide bonds. The molecule has 0 saturated carbocycles. The maximum absolute atomic E-state index is 9.93. The van der Waals surface area contributed by atoms with Crippen LogP contribution in [0.15, 0.2) is 42.5 Å². The van der Waals surface area contributed by atoms with Gasteiger partial charge in [0, 0.05) is 25.2 Å². The first-order chi connectivity index (χ1) is 9.22. The van der Waals surface area contributed by atoms with Crippen molar-refractivity contribution in [3.05, 3.63) is 64.7 Å². The minimum atomic E-state index is 0.407. The second kappa shape index (κ2) is 5.06. The summed E-state index contributed by atoms with van der Waals surface area (Å²) >= 11 is 0. The van der Waals surface area contributed by atoms with Gasteiger partial charge in [-0.1, -0.05) is 42.0 Å². The standard InChI is InChI=1S/C17H19NO/c1-13-6-7-17(19)16(10-13)12-18-9-8-14-4-2-3-5-15(14)11-18/h2-7,10,19H,8-9,11-12H2,1H3. The summed E-state index contributed by atoms with van der Waals surface area (Å²) in [6, 6.07) is 14.5. The molecule has 1 aliphatic rings. The molecule has 0 aromatic heterocycles. The first-order valence-corrected chi connectivity index (χ1v) is 6.80. The molecule has 98 valence electrons. The van der Waals surface area contributed by atoms with Crippen LogP contribution in [0.3, 0.4) is 0 Å². The molecule has 0 saturated heterocycles. The van der Waals surface area contributed by atoms with Crippen LogP contribution in [0.4, 0.5) is 0 Å². The largest absolute Gasteiger partial charge is 0.508 e. The second-order valence-corrected chi connectivity index (χ2v) is 5.36. The predicted molar refractivity (Wildman–Crippen MR) is 77.1 cm³/mol. The van der Waals surface area contributed by atoms with Crippen LogP contribution in [0.1, 0.15) is 22.3 Å². The number of fused-ring (bicyclic) bond motifs is 1. The summed E-state index contributed by atoms with van der Waals surface area (Å²) in [5, 5.41) is 9.93. The van der Waals surface area contributed by atoms with Crippen LogP contribution in [0.25, 0.3) is 0 Å². The highest BCUT2D eigenvalue weighted by Gasteiger charge is 2.16. The highest BCUT2D eigenvalue weighted by atomic mass is 16.3. The van der Waals surface area contributed by atoms with Gasteiger partial charge in [-0.15, -0.1) is 0 Å². The van der Waals surface area contributed by atoms with Gasteiger partial charge in [0.2, 0.25) is 0 Å². The first-order valence-electron chi connectivity index (χ1n) is 6.80. The lowest BCUT2D eigenvalue weighted by molar-refractivity contribution is 0.242. The van der Waals surface area contributed by atoms with E-state index in [9.17, 15) is 5.11 Å². The summed E-state index contributed by atoms with van der Waals surface area (Å²) < 4.78 is 0. The Kier molecular flexibility index (Phi) is 3.26. The van der Waals surface area contributed by atoms with Crippen LogP contribution in [-0.2, 0) is 19.5 Å². The zero-order valence-corrected chi connectivity index (χ0v) is 11.3. The molecule has 0 bridgehead atoms. The quantitative estimate of drug-likeness (QED) is 0.888. The molecule has 2 heteroatoms. The monoisotopic (exact) mass is 253 g/mol. The third kappa shape index (κ3) is 2.64. The molecule has 2 nitrogen and oxygen atoms in total. The highest BCUT2D eigenvalue weighted by Crippen LogP contribution is 2.24. The summed E-state index contributed by atoms with van der Waals surface area (Å²) in [7, 11) is 0. The van der Waals surface area contributed by atoms with E-state index in [2.05, 4.69) is 42.2 Å². The second-order valence-electron chi connectivity index (χ2n) is 5.36. The van der Waals surface area contributed by atoms with Crippen molar-refractivity contribution in [1.82, 2.24) is 4.90 Å². The van der Waals surface area contributed by atoms with Crippen LogP contribution >= 0.6 is 0 Å². The number of phenols is 1. The molecule has 2 aromatic rings. The van der Waals surface area contributed by atoms with Crippen molar-refractivity contribution < 1.29 is 5.11 Å². The van der Waals surface area contributed by atoms with E-state index in [1.54, 1.807) is 6.07 Å². The van der Waals surface area contributed by atoms with Crippen molar-refractivity contribution in [2.24, 2.45) is 0 Å². The van der Waals surface area contributed by atoms with Crippen molar-refractivity contribution in [2.75, 3.05) is 6.54 Å². The zero-order chi connectivity index (χ0) is 13.2. The van der Waals surface area contributed by atoms with Crippen LogP contribution < -0.4 is 0 Å². The maximum atomic E-state index is 9.93. The minimum absolute atomic E-state index is 0.407. The molecular formula is C17H19NO. The Morgan fingerprint density at radius 2 is 1.89 bits per heavy atom. The Hall–Kier alpha value is -1.80.